The summed E-state index contributed by atoms with van der Waals surface area (Å²) in [6, 6.07) is 21.4. The van der Waals surface area contributed by atoms with Crippen LogP contribution in [0.3, 0.4) is 0 Å². The van der Waals surface area contributed by atoms with E-state index in [1.807, 2.05) is 0 Å². The van der Waals surface area contributed by atoms with Gasteiger partial charge in [0.25, 0.3) is 0 Å². The van der Waals surface area contributed by atoms with Gasteiger partial charge in [0, 0.05) is 0 Å². The van der Waals surface area contributed by atoms with Gasteiger partial charge < -0.3 is 0 Å². The largest absolute Gasteiger partial charge is 1.00 e. The van der Waals surface area contributed by atoms with Crippen LogP contribution in [-0.2, 0) is 22.4 Å². The second kappa shape index (κ2) is 9.64. The summed E-state index contributed by atoms with van der Waals surface area (Å²) in [6.07, 6.45) is 0. The summed E-state index contributed by atoms with van der Waals surface area (Å²) in [7, 11) is -5.12. The Bertz CT molecular complexity index is 433. The minimum atomic E-state index is -4.94. The van der Waals surface area contributed by atoms with Crippen molar-refractivity contribution in [2.24, 2.45) is 0 Å². The Morgan fingerprint density at radius 1 is 0.700 bits per heavy atom. The van der Waals surface area contributed by atoms with Gasteiger partial charge in [0.2, 0.25) is 0 Å². The van der Waals surface area contributed by atoms with Gasteiger partial charge in [0.15, 0.2) is 0 Å². The second-order valence-electron chi connectivity index (χ2n) is 3.61. The van der Waals surface area contributed by atoms with Crippen LogP contribution in [0.5, 0.6) is 0 Å². The number of hydrogen-bond donors (Lipinski definition) is 0. The Morgan fingerprint density at radius 3 is 1.20 bits per heavy atom. The molecule has 4 nitrogen and oxygen atoms in total. The van der Waals surface area contributed by atoms with Crippen LogP contribution in [-0.4, -0.2) is 6.66 Å². The van der Waals surface area contributed by atoms with Crippen molar-refractivity contribution in [1.82, 2.24) is 0 Å². The third kappa shape index (κ3) is 8.82. The van der Waals surface area contributed by atoms with Crippen molar-refractivity contribution in [1.29, 1.82) is 0 Å². The molecule has 2 rings (SSSR count). The molecule has 0 saturated carbocycles. The van der Waals surface area contributed by atoms with Gasteiger partial charge in [-0.05, 0) is 25.2 Å². The molecule has 0 aliphatic carbocycles. The minimum Gasteiger partial charge on any atom is -0.222 e. The summed E-state index contributed by atoms with van der Waals surface area (Å²) in [4.78, 5) is 0. The fraction of sp³-hybridized carbons (Fsp3) is 0.0769. The summed E-state index contributed by atoms with van der Waals surface area (Å²) in [6.45, 7) is 2.31. The number of hydrogen-bond acceptors (Lipinski definition) is 4. The van der Waals surface area contributed by atoms with Crippen molar-refractivity contribution in [2.75, 3.05) is 6.66 Å². The molecule has 0 atom stereocenters. The Balaban J connectivity index is 0.000000526. The van der Waals surface area contributed by atoms with Gasteiger partial charge in [-0.15, -0.1) is 10.2 Å². The topological polar surface area (TPSA) is 92.2 Å². The van der Waals surface area contributed by atoms with E-state index in [4.69, 9.17) is 18.6 Å². The molecular formula is C13H13AgClO4P. The fourth-order valence-electron chi connectivity index (χ4n) is 1.45. The standard InChI is InChI=1S/C13H13P.Ag.ClHO4/c1-14(12-8-4-2-5-9-12)13-10-6-3-7-11-13;;2-1(3,4)5/h2-11H,1H3;;(H,2,3,4,5)/q;+1;/p-1. The molecule has 0 spiro atoms. The SMILES string of the molecule is CP(c1ccccc1)c1ccccc1.[Ag+].[O-][Cl+3]([O-])([O-])[O-]. The monoisotopic (exact) mass is 406 g/mol. The van der Waals surface area contributed by atoms with Gasteiger partial charge in [-0.1, -0.05) is 60.7 Å². The first-order valence-electron chi connectivity index (χ1n) is 5.33. The predicted octanol–water partition coefficient (Wildman–Crippen LogP) is -2.01. The minimum absolute atomic E-state index is 0. The van der Waals surface area contributed by atoms with Gasteiger partial charge in [-0.25, -0.2) is 18.6 Å². The molecule has 0 amide bonds. The number of rotatable bonds is 2. The van der Waals surface area contributed by atoms with E-state index in [0.717, 1.165) is 0 Å². The summed E-state index contributed by atoms with van der Waals surface area (Å²) < 4.78 is 34.0. The number of benzene rings is 2. The molecule has 0 aromatic heterocycles. The van der Waals surface area contributed by atoms with Gasteiger partial charge in [-0.2, -0.15) is 0 Å². The quantitative estimate of drug-likeness (QED) is 0.425. The molecule has 0 fully saturated rings. The van der Waals surface area contributed by atoms with Crippen LogP contribution >= 0.6 is 7.92 Å². The smallest absolute Gasteiger partial charge is 0.222 e. The van der Waals surface area contributed by atoms with Gasteiger partial charge >= 0.3 is 22.4 Å². The van der Waals surface area contributed by atoms with E-state index in [9.17, 15) is 0 Å². The first kappa shape index (κ1) is 19.7. The Kier molecular flexibility index (Phi) is 9.51. The Morgan fingerprint density at radius 2 is 0.950 bits per heavy atom. The second-order valence-corrected chi connectivity index (χ2v) is 6.51. The van der Waals surface area contributed by atoms with Crippen molar-refractivity contribution in [3.05, 3.63) is 60.7 Å². The first-order chi connectivity index (χ1) is 8.88. The molecule has 2 aromatic rings. The van der Waals surface area contributed by atoms with Crippen LogP contribution in [0.2, 0.25) is 0 Å². The summed E-state index contributed by atoms with van der Waals surface area (Å²) >= 11 is 0. The maximum Gasteiger partial charge on any atom is 1.00 e. The molecule has 0 unspecified atom stereocenters. The Labute approximate surface area is 137 Å². The van der Waals surface area contributed by atoms with E-state index >= 15 is 0 Å². The molecule has 112 valence electrons. The van der Waals surface area contributed by atoms with Crippen LogP contribution in [0.4, 0.5) is 0 Å². The van der Waals surface area contributed by atoms with Crippen molar-refractivity contribution >= 4 is 18.5 Å². The summed E-state index contributed by atoms with van der Waals surface area (Å²) in [5, 5.41) is 2.88. The van der Waals surface area contributed by atoms with E-state index in [0.29, 0.717) is 0 Å². The van der Waals surface area contributed by atoms with Crippen LogP contribution < -0.4 is 29.2 Å². The third-order valence-corrected chi connectivity index (χ3v) is 4.43. The maximum absolute atomic E-state index is 8.49. The summed E-state index contributed by atoms with van der Waals surface area (Å²) in [5.41, 5.74) is 0. The van der Waals surface area contributed by atoms with Gasteiger partial charge in [0.1, 0.15) is 0 Å². The molecular weight excluding hydrogens is 394 g/mol. The van der Waals surface area contributed by atoms with Crippen molar-refractivity contribution in [3.8, 4) is 0 Å². The van der Waals surface area contributed by atoms with Gasteiger partial charge in [-0.3, -0.25) is 0 Å². The molecule has 0 heterocycles. The fourth-order valence-corrected chi connectivity index (χ4v) is 2.99. The molecule has 20 heavy (non-hydrogen) atoms. The third-order valence-electron chi connectivity index (χ3n) is 2.29. The zero-order valence-electron chi connectivity index (χ0n) is 10.5. The average molecular weight is 408 g/mol. The summed E-state index contributed by atoms with van der Waals surface area (Å²) in [5.74, 6) is 0. The predicted molar refractivity (Wildman–Crippen MR) is 65.0 cm³/mol. The molecule has 7 heteroatoms. The zero-order chi connectivity index (χ0) is 14.3. The van der Waals surface area contributed by atoms with E-state index in [1.54, 1.807) is 0 Å². The molecule has 0 saturated heterocycles. The average Bonchev–Trinajstić information content (AvgIpc) is 2.38. The van der Waals surface area contributed by atoms with Crippen LogP contribution in [0.25, 0.3) is 0 Å². The van der Waals surface area contributed by atoms with Crippen LogP contribution in [0, 0.1) is 10.2 Å². The van der Waals surface area contributed by atoms with E-state index in [1.165, 1.54) is 10.6 Å². The molecule has 0 aliphatic heterocycles. The van der Waals surface area contributed by atoms with Crippen molar-refractivity contribution < 1.29 is 51.3 Å². The first-order valence-corrected chi connectivity index (χ1v) is 8.36. The molecule has 0 bridgehead atoms. The van der Waals surface area contributed by atoms with Crippen LogP contribution in [0.1, 0.15) is 0 Å². The van der Waals surface area contributed by atoms with Crippen molar-refractivity contribution in [2.45, 2.75) is 0 Å². The molecule has 2 aromatic carbocycles. The Hall–Kier alpha value is -0.260. The maximum atomic E-state index is 8.49. The molecule has 0 aliphatic rings. The van der Waals surface area contributed by atoms with Gasteiger partial charge in [0.05, 0.1) is 0 Å². The molecule has 0 radical (unpaired) electrons. The van der Waals surface area contributed by atoms with E-state index in [2.05, 4.69) is 67.3 Å². The molecule has 0 N–H and O–H groups in total. The number of halogens is 1. The van der Waals surface area contributed by atoms with Crippen LogP contribution in [0.15, 0.2) is 60.7 Å². The van der Waals surface area contributed by atoms with Crippen molar-refractivity contribution in [3.63, 3.8) is 0 Å². The zero-order valence-corrected chi connectivity index (χ0v) is 13.7. The normalized spacial score (nSPS) is 10.3. The van der Waals surface area contributed by atoms with E-state index in [-0.39, 0.29) is 30.3 Å². The van der Waals surface area contributed by atoms with E-state index < -0.39 is 10.2 Å².